The van der Waals surface area contributed by atoms with Crippen molar-refractivity contribution < 1.29 is 4.79 Å². The van der Waals surface area contributed by atoms with E-state index < -0.39 is 0 Å². The van der Waals surface area contributed by atoms with Gasteiger partial charge in [-0.1, -0.05) is 0 Å². The average Bonchev–Trinajstić information content (AvgIpc) is 2.40. The van der Waals surface area contributed by atoms with Gasteiger partial charge in [-0.3, -0.25) is 5.32 Å². The molecule has 2 amide bonds. The first-order valence-corrected chi connectivity index (χ1v) is 3.32. The second-order valence-corrected chi connectivity index (χ2v) is 2.05. The van der Waals surface area contributed by atoms with Gasteiger partial charge in [0.2, 0.25) is 0 Å². The van der Waals surface area contributed by atoms with E-state index >= 15 is 0 Å². The molecule has 1 aromatic heterocycles. The van der Waals surface area contributed by atoms with Crippen molar-refractivity contribution >= 4 is 23.6 Å². The number of hydrogen-bond acceptors (Lipinski definition) is 4. The Morgan fingerprint density at radius 3 is 3.10 bits per heavy atom. The molecule has 1 heterocycles. The fourth-order valence-electron chi connectivity index (χ4n) is 0.399. The van der Waals surface area contributed by atoms with Crippen LogP contribution < -0.4 is 10.6 Å². The predicted molar refractivity (Wildman–Crippen MR) is 38.0 cm³/mol. The fourth-order valence-corrected chi connectivity index (χ4v) is 0.773. The van der Waals surface area contributed by atoms with E-state index in [1.165, 1.54) is 13.2 Å². The second kappa shape index (κ2) is 3.11. The average molecular weight is 158 g/mol. The van der Waals surface area contributed by atoms with Crippen LogP contribution in [-0.2, 0) is 0 Å². The van der Waals surface area contributed by atoms with Gasteiger partial charge in [-0.05, 0) is 0 Å². The molecule has 0 radical (unpaired) electrons. The number of nitrogens with one attached hydrogen (secondary N) is 2. The van der Waals surface area contributed by atoms with Crippen LogP contribution in [0.5, 0.6) is 0 Å². The molecular weight excluding hydrogens is 152 g/mol. The molecule has 2 N–H and O–H groups in total. The predicted octanol–water partition coefficient (Wildman–Crippen LogP) is 0.289. The molecule has 0 atom stereocenters. The molecule has 0 spiro atoms. The number of amides is 2. The van der Waals surface area contributed by atoms with Gasteiger partial charge in [0.15, 0.2) is 5.82 Å². The first kappa shape index (κ1) is 6.94. The van der Waals surface area contributed by atoms with Crippen molar-refractivity contribution in [2.45, 2.75) is 0 Å². The Hall–Kier alpha value is -1.17. The molecule has 1 rings (SSSR count). The third-order valence-electron chi connectivity index (χ3n) is 0.830. The molecule has 1 aromatic rings. The number of carbonyl (C=O) groups is 1. The summed E-state index contributed by atoms with van der Waals surface area (Å²) in [4.78, 5) is 10.6. The summed E-state index contributed by atoms with van der Waals surface area (Å²) in [5, 5.41) is 4.85. The third kappa shape index (κ3) is 1.66. The van der Waals surface area contributed by atoms with Gasteiger partial charge in [0, 0.05) is 7.05 Å². The lowest BCUT2D eigenvalue weighted by molar-refractivity contribution is 0.254. The Labute approximate surface area is 61.8 Å². The highest BCUT2D eigenvalue weighted by atomic mass is 32.1. The summed E-state index contributed by atoms with van der Waals surface area (Å²) in [6.45, 7) is 0. The molecule has 0 aliphatic carbocycles. The van der Waals surface area contributed by atoms with Crippen molar-refractivity contribution in [2.24, 2.45) is 0 Å². The SMILES string of the molecule is CNC(=O)Nc1cnsn1. The summed E-state index contributed by atoms with van der Waals surface area (Å²) >= 11 is 1.05. The molecule has 10 heavy (non-hydrogen) atoms. The maximum absolute atomic E-state index is 10.6. The summed E-state index contributed by atoms with van der Waals surface area (Å²) in [6.07, 6.45) is 1.49. The third-order valence-corrected chi connectivity index (χ3v) is 1.31. The lowest BCUT2D eigenvalue weighted by atomic mass is 10.7. The van der Waals surface area contributed by atoms with Gasteiger partial charge >= 0.3 is 6.03 Å². The molecule has 0 saturated heterocycles. The minimum Gasteiger partial charge on any atom is -0.341 e. The standard InChI is InChI=1S/C4H6N4OS/c1-5-4(9)7-3-2-6-10-8-3/h2H,1H3,(H2,5,7,8,9). The summed E-state index contributed by atoms with van der Waals surface area (Å²) in [5.41, 5.74) is 0. The highest BCUT2D eigenvalue weighted by molar-refractivity contribution is 6.99. The smallest absolute Gasteiger partial charge is 0.320 e. The van der Waals surface area contributed by atoms with Crippen LogP contribution in [-0.4, -0.2) is 21.8 Å². The maximum Gasteiger partial charge on any atom is 0.320 e. The van der Waals surface area contributed by atoms with Crippen molar-refractivity contribution in [2.75, 3.05) is 12.4 Å². The van der Waals surface area contributed by atoms with Crippen molar-refractivity contribution in [3.63, 3.8) is 0 Å². The topological polar surface area (TPSA) is 66.9 Å². The highest BCUT2D eigenvalue weighted by Gasteiger charge is 1.98. The molecule has 0 unspecified atom stereocenters. The van der Waals surface area contributed by atoms with Gasteiger partial charge < -0.3 is 5.32 Å². The van der Waals surface area contributed by atoms with Crippen LogP contribution >= 0.6 is 11.7 Å². The second-order valence-electron chi connectivity index (χ2n) is 1.50. The van der Waals surface area contributed by atoms with E-state index in [4.69, 9.17) is 0 Å². The molecule has 0 aromatic carbocycles. The molecule has 0 bridgehead atoms. The Kier molecular flexibility index (Phi) is 2.16. The lowest BCUT2D eigenvalue weighted by Gasteiger charge is -1.96. The minimum atomic E-state index is -0.285. The van der Waals surface area contributed by atoms with Gasteiger partial charge in [-0.2, -0.15) is 8.75 Å². The number of carbonyl (C=O) groups excluding carboxylic acids is 1. The Bertz CT molecular complexity index is 209. The quantitative estimate of drug-likeness (QED) is 0.617. The Morgan fingerprint density at radius 2 is 2.60 bits per heavy atom. The van der Waals surface area contributed by atoms with Crippen molar-refractivity contribution in [3.8, 4) is 0 Å². The van der Waals surface area contributed by atoms with E-state index in [9.17, 15) is 4.79 Å². The molecule has 5 nitrogen and oxygen atoms in total. The number of nitrogens with zero attached hydrogens (tertiary/aromatic N) is 2. The number of aromatic nitrogens is 2. The largest absolute Gasteiger partial charge is 0.341 e. The number of urea groups is 1. The molecule has 0 saturated carbocycles. The Balaban J connectivity index is 2.48. The zero-order valence-corrected chi connectivity index (χ0v) is 6.10. The number of rotatable bonds is 1. The maximum atomic E-state index is 10.6. The molecule has 0 aliphatic heterocycles. The van der Waals surface area contributed by atoms with Gasteiger partial charge in [-0.15, -0.1) is 0 Å². The van der Waals surface area contributed by atoms with Gasteiger partial charge in [0.25, 0.3) is 0 Å². The molecule has 6 heteroatoms. The normalized spacial score (nSPS) is 8.90. The summed E-state index contributed by atoms with van der Waals surface area (Å²) < 4.78 is 7.46. The zero-order valence-electron chi connectivity index (χ0n) is 5.29. The fraction of sp³-hybridized carbons (Fsp3) is 0.250. The first-order chi connectivity index (χ1) is 4.83. The van der Waals surface area contributed by atoms with E-state index in [0.29, 0.717) is 5.82 Å². The van der Waals surface area contributed by atoms with Crippen LogP contribution in [0.2, 0.25) is 0 Å². The molecule has 0 aliphatic rings. The van der Waals surface area contributed by atoms with E-state index in [0.717, 1.165) is 11.7 Å². The molecule has 0 fully saturated rings. The van der Waals surface area contributed by atoms with Crippen LogP contribution in [0.15, 0.2) is 6.20 Å². The molecule has 54 valence electrons. The van der Waals surface area contributed by atoms with E-state index in [2.05, 4.69) is 19.4 Å². The van der Waals surface area contributed by atoms with E-state index in [1.807, 2.05) is 0 Å². The number of hydrogen-bond donors (Lipinski definition) is 2. The Morgan fingerprint density at radius 1 is 1.80 bits per heavy atom. The highest BCUT2D eigenvalue weighted by Crippen LogP contribution is 1.99. The summed E-state index contributed by atoms with van der Waals surface area (Å²) in [7, 11) is 1.54. The minimum absolute atomic E-state index is 0.285. The van der Waals surface area contributed by atoms with Crippen LogP contribution in [0.4, 0.5) is 10.6 Å². The summed E-state index contributed by atoms with van der Waals surface area (Å²) in [6, 6.07) is -0.285. The first-order valence-electron chi connectivity index (χ1n) is 2.59. The van der Waals surface area contributed by atoms with Crippen molar-refractivity contribution in [1.82, 2.24) is 14.1 Å². The monoisotopic (exact) mass is 158 g/mol. The van der Waals surface area contributed by atoms with Crippen LogP contribution in [0.25, 0.3) is 0 Å². The van der Waals surface area contributed by atoms with Gasteiger partial charge in [0.1, 0.15) is 0 Å². The van der Waals surface area contributed by atoms with Gasteiger partial charge in [0.05, 0.1) is 17.9 Å². The number of anilines is 1. The summed E-state index contributed by atoms with van der Waals surface area (Å²) in [5.74, 6) is 0.476. The van der Waals surface area contributed by atoms with E-state index in [1.54, 1.807) is 0 Å². The van der Waals surface area contributed by atoms with Gasteiger partial charge in [-0.25, -0.2) is 4.79 Å². The van der Waals surface area contributed by atoms with Crippen molar-refractivity contribution in [1.29, 1.82) is 0 Å². The van der Waals surface area contributed by atoms with Crippen LogP contribution in [0.3, 0.4) is 0 Å². The zero-order chi connectivity index (χ0) is 7.40. The van der Waals surface area contributed by atoms with Crippen LogP contribution in [0, 0.1) is 0 Å². The van der Waals surface area contributed by atoms with E-state index in [-0.39, 0.29) is 6.03 Å². The van der Waals surface area contributed by atoms with Crippen molar-refractivity contribution in [3.05, 3.63) is 6.20 Å². The molecular formula is C4H6N4OS. The van der Waals surface area contributed by atoms with Crippen LogP contribution in [0.1, 0.15) is 0 Å². The lowest BCUT2D eigenvalue weighted by Crippen LogP contribution is -2.24.